The largest absolute Gasteiger partial charge is 0.504 e. The van der Waals surface area contributed by atoms with Crippen LogP contribution in [0.4, 0.5) is 0 Å². The van der Waals surface area contributed by atoms with Gasteiger partial charge in [0.1, 0.15) is 6.04 Å². The lowest BCUT2D eigenvalue weighted by Crippen LogP contribution is -2.66. The van der Waals surface area contributed by atoms with Gasteiger partial charge in [-0.3, -0.25) is 9.59 Å². The molecule has 8 heteroatoms. The Hall–Kier alpha value is -2.87. The van der Waals surface area contributed by atoms with Gasteiger partial charge in [0.2, 0.25) is 5.91 Å². The van der Waals surface area contributed by atoms with E-state index in [2.05, 4.69) is 46.9 Å². The van der Waals surface area contributed by atoms with Crippen LogP contribution in [0.3, 0.4) is 0 Å². The lowest BCUT2D eigenvalue weighted by atomic mass is 9.33. The quantitative estimate of drug-likeness (QED) is 0.228. The van der Waals surface area contributed by atoms with E-state index in [9.17, 15) is 34.8 Å². The molecular formula is C39H55NO7. The first-order valence-corrected chi connectivity index (χ1v) is 17.7. The third kappa shape index (κ3) is 4.89. The van der Waals surface area contributed by atoms with Gasteiger partial charge in [0.25, 0.3) is 0 Å². The molecular weight excluding hydrogens is 594 g/mol. The molecule has 8 nitrogen and oxygen atoms in total. The van der Waals surface area contributed by atoms with Crippen LogP contribution in [-0.4, -0.2) is 50.2 Å². The number of rotatable bonds is 5. The molecule has 4 saturated carbocycles. The van der Waals surface area contributed by atoms with Crippen molar-refractivity contribution in [3.05, 3.63) is 35.4 Å². The lowest BCUT2D eigenvalue weighted by molar-refractivity contribution is -0.202. The standard InChI is InChI=1S/C39H55NO7/c1-34(2)29-10-13-39(7)31(37(29,5)12-11-30(34)44)28(43)20-23-24-21-36(4,15-14-35(24,3)16-17-38(23,39)6)33(47)40-25(32(45)46)18-22-8-9-26(41)27(42)19-22/h8-9,19-20,24-25,29-31,41-42,44H,10-18,21H2,1-7H3,(H,40,47)(H,45,46)/t24-,25?,29-,30-,31+,35+,36-,37-,38+,39+/m0/s1. The highest BCUT2D eigenvalue weighted by molar-refractivity contribution is 5.96. The molecule has 0 aromatic heterocycles. The number of hydrogen-bond acceptors (Lipinski definition) is 6. The van der Waals surface area contributed by atoms with Gasteiger partial charge in [0.05, 0.1) is 6.10 Å². The third-order valence-corrected chi connectivity index (χ3v) is 15.2. The van der Waals surface area contributed by atoms with E-state index in [1.165, 1.54) is 17.7 Å². The number of aliphatic carboxylic acids is 1. The summed E-state index contributed by atoms with van der Waals surface area (Å²) in [6.07, 6.45) is 9.10. The van der Waals surface area contributed by atoms with Crippen LogP contribution in [0.2, 0.25) is 0 Å². The Morgan fingerprint density at radius 2 is 1.60 bits per heavy atom. The van der Waals surface area contributed by atoms with Crippen LogP contribution in [0, 0.1) is 50.2 Å². The van der Waals surface area contributed by atoms with Crippen molar-refractivity contribution >= 4 is 17.7 Å². The molecule has 0 radical (unpaired) electrons. The van der Waals surface area contributed by atoms with Crippen molar-refractivity contribution in [3.63, 3.8) is 0 Å². The van der Waals surface area contributed by atoms with E-state index in [1.54, 1.807) is 6.07 Å². The van der Waals surface area contributed by atoms with E-state index in [0.717, 1.165) is 38.5 Å². The number of amides is 1. The van der Waals surface area contributed by atoms with Crippen molar-refractivity contribution in [1.29, 1.82) is 0 Å². The molecule has 4 fully saturated rings. The first-order chi connectivity index (χ1) is 21.7. The van der Waals surface area contributed by atoms with Crippen LogP contribution in [-0.2, 0) is 20.8 Å². The second-order valence-electron chi connectivity index (χ2n) is 18.0. The van der Waals surface area contributed by atoms with Gasteiger partial charge in [-0.05, 0) is 120 Å². The van der Waals surface area contributed by atoms with Gasteiger partial charge in [-0.25, -0.2) is 4.79 Å². The molecule has 0 saturated heterocycles. The minimum Gasteiger partial charge on any atom is -0.504 e. The lowest BCUT2D eigenvalue weighted by Gasteiger charge is -2.70. The van der Waals surface area contributed by atoms with Crippen molar-refractivity contribution in [2.75, 3.05) is 0 Å². The molecule has 0 aliphatic heterocycles. The summed E-state index contributed by atoms with van der Waals surface area (Å²) in [4.78, 5) is 40.9. The van der Waals surface area contributed by atoms with Crippen molar-refractivity contribution in [2.24, 2.45) is 50.2 Å². The van der Waals surface area contributed by atoms with Crippen LogP contribution >= 0.6 is 0 Å². The maximum atomic E-state index is 14.6. The second kappa shape index (κ2) is 10.8. The zero-order chi connectivity index (χ0) is 34.5. The predicted octanol–water partition coefficient (Wildman–Crippen LogP) is 6.55. The average Bonchev–Trinajstić information content (AvgIpc) is 2.98. The second-order valence-corrected chi connectivity index (χ2v) is 18.0. The van der Waals surface area contributed by atoms with Gasteiger partial charge < -0.3 is 25.7 Å². The Kier molecular flexibility index (Phi) is 7.83. The molecule has 1 unspecified atom stereocenters. The maximum Gasteiger partial charge on any atom is 0.326 e. The summed E-state index contributed by atoms with van der Waals surface area (Å²) >= 11 is 0. The van der Waals surface area contributed by atoms with Crippen molar-refractivity contribution < 1.29 is 34.8 Å². The highest BCUT2D eigenvalue weighted by atomic mass is 16.4. The molecule has 0 bridgehead atoms. The van der Waals surface area contributed by atoms with Gasteiger partial charge in [-0.15, -0.1) is 0 Å². The summed E-state index contributed by atoms with van der Waals surface area (Å²) in [5.41, 5.74) is -0.0719. The van der Waals surface area contributed by atoms with Gasteiger partial charge in [0.15, 0.2) is 17.3 Å². The van der Waals surface area contributed by atoms with Crippen LogP contribution in [0.5, 0.6) is 11.5 Å². The monoisotopic (exact) mass is 649 g/mol. The molecule has 10 atom stereocenters. The number of aromatic hydroxyl groups is 2. The van der Waals surface area contributed by atoms with Crippen LogP contribution in [0.15, 0.2) is 29.8 Å². The van der Waals surface area contributed by atoms with E-state index < -0.39 is 17.4 Å². The number of carboxylic acid groups (broad SMARTS) is 1. The minimum atomic E-state index is -1.20. The van der Waals surface area contributed by atoms with E-state index in [0.29, 0.717) is 24.8 Å². The highest BCUT2D eigenvalue weighted by Gasteiger charge is 2.70. The molecule has 258 valence electrons. The molecule has 5 aliphatic carbocycles. The first kappa shape index (κ1) is 34.0. The smallest absolute Gasteiger partial charge is 0.326 e. The van der Waals surface area contributed by atoms with E-state index in [1.807, 2.05) is 13.0 Å². The fourth-order valence-electron chi connectivity index (χ4n) is 11.8. The number of phenolic OH excluding ortho intramolecular Hbond substituents is 2. The van der Waals surface area contributed by atoms with Gasteiger partial charge in [-0.1, -0.05) is 60.1 Å². The number of hydrogen-bond donors (Lipinski definition) is 5. The summed E-state index contributed by atoms with van der Waals surface area (Å²) < 4.78 is 0. The van der Waals surface area contributed by atoms with Gasteiger partial charge in [-0.2, -0.15) is 0 Å². The number of aliphatic hydroxyl groups excluding tert-OH is 1. The van der Waals surface area contributed by atoms with E-state index in [-0.39, 0.29) is 80.5 Å². The fraction of sp³-hybridized carbons (Fsp3) is 0.718. The molecule has 6 rings (SSSR count). The van der Waals surface area contributed by atoms with Crippen molar-refractivity contribution in [3.8, 4) is 11.5 Å². The molecule has 1 aromatic rings. The Morgan fingerprint density at radius 1 is 0.915 bits per heavy atom. The topological polar surface area (TPSA) is 144 Å². The molecule has 0 heterocycles. The normalized spacial score (nSPS) is 42.9. The molecule has 5 N–H and O–H groups in total. The SMILES string of the molecule is CC1(C)[C@@H](O)CC[C@]2(C)[C@H]3C(=O)C=C4[C@@H]5C[C@@](C)(C(=O)NC(Cc6ccc(O)c(O)c6)C(=O)O)CC[C@]5(C)CC[C@@]4(C)[C@]3(C)CC[C@@H]12. The Balaban J connectivity index is 1.30. The molecule has 47 heavy (non-hydrogen) atoms. The number of phenols is 2. The van der Waals surface area contributed by atoms with Crippen molar-refractivity contribution in [2.45, 2.75) is 125 Å². The Morgan fingerprint density at radius 3 is 2.26 bits per heavy atom. The highest BCUT2D eigenvalue weighted by Crippen LogP contribution is 2.75. The van der Waals surface area contributed by atoms with Gasteiger partial charge >= 0.3 is 5.97 Å². The van der Waals surface area contributed by atoms with Crippen molar-refractivity contribution in [1.82, 2.24) is 5.32 Å². The predicted molar refractivity (Wildman–Crippen MR) is 178 cm³/mol. The molecule has 1 aromatic carbocycles. The number of benzene rings is 1. The maximum absolute atomic E-state index is 14.6. The summed E-state index contributed by atoms with van der Waals surface area (Å²) in [6, 6.07) is 2.97. The summed E-state index contributed by atoms with van der Waals surface area (Å²) in [5.74, 6) is -1.71. The molecule has 1 amide bonds. The Bertz CT molecular complexity index is 1530. The molecule has 0 spiro atoms. The van der Waals surface area contributed by atoms with E-state index >= 15 is 0 Å². The first-order valence-electron chi connectivity index (χ1n) is 17.7. The summed E-state index contributed by atoms with van der Waals surface area (Å²) in [7, 11) is 0. The zero-order valence-electron chi connectivity index (χ0n) is 29.3. The van der Waals surface area contributed by atoms with Crippen LogP contribution in [0.25, 0.3) is 0 Å². The number of carboxylic acids is 1. The number of aliphatic hydroxyl groups is 1. The number of ketones is 1. The summed E-state index contributed by atoms with van der Waals surface area (Å²) in [6.45, 7) is 15.7. The number of carbonyl (C=O) groups is 3. The average molecular weight is 650 g/mol. The third-order valence-electron chi connectivity index (χ3n) is 15.2. The van der Waals surface area contributed by atoms with Crippen LogP contribution in [0.1, 0.15) is 112 Å². The number of nitrogens with one attached hydrogen (secondary N) is 1. The number of allylic oxidation sites excluding steroid dienone is 2. The van der Waals surface area contributed by atoms with Gasteiger partial charge in [0, 0.05) is 17.8 Å². The summed E-state index contributed by atoms with van der Waals surface area (Å²) in [5, 5.41) is 43.5. The van der Waals surface area contributed by atoms with Crippen LogP contribution < -0.4 is 5.32 Å². The fourth-order valence-corrected chi connectivity index (χ4v) is 11.8. The number of carbonyl (C=O) groups excluding carboxylic acids is 2. The van der Waals surface area contributed by atoms with E-state index in [4.69, 9.17) is 0 Å². The molecule has 5 aliphatic rings. The minimum absolute atomic E-state index is 0.0277. The Labute approximate surface area is 279 Å². The number of fused-ring (bicyclic) bond motifs is 7. The zero-order valence-corrected chi connectivity index (χ0v) is 29.3.